The maximum atomic E-state index is 10.2. The van der Waals surface area contributed by atoms with Gasteiger partial charge in [-0.2, -0.15) is 0 Å². The fourth-order valence-corrected chi connectivity index (χ4v) is 1.98. The molecule has 0 amide bonds. The second-order valence-electron chi connectivity index (χ2n) is 4.75. The van der Waals surface area contributed by atoms with Gasteiger partial charge in [0.05, 0.1) is 45.1 Å². The van der Waals surface area contributed by atoms with Crippen molar-refractivity contribution in [3.8, 4) is 11.5 Å². The average molecular weight is 325 g/mol. The fraction of sp³-hybridized carbons (Fsp3) is 0.562. The van der Waals surface area contributed by atoms with Gasteiger partial charge < -0.3 is 28.8 Å². The van der Waals surface area contributed by atoms with E-state index in [2.05, 4.69) is 4.99 Å². The standard InChI is InChI=1S/C16H23NO6/c1-19-7-8-20-9-10-21-11-12-22-14-4-2-3-13(15(14)18)16-17-5-6-23-16/h2-4,18H,5-12H2,1H3. The number of para-hydroxylation sites is 1. The van der Waals surface area contributed by atoms with Crippen molar-refractivity contribution in [3.05, 3.63) is 23.8 Å². The van der Waals surface area contributed by atoms with Gasteiger partial charge in [0.1, 0.15) is 13.2 Å². The Kier molecular flexibility index (Phi) is 7.65. The number of nitrogens with zero attached hydrogens (tertiary/aromatic N) is 1. The predicted molar refractivity (Wildman–Crippen MR) is 84.5 cm³/mol. The summed E-state index contributed by atoms with van der Waals surface area (Å²) in [7, 11) is 1.63. The minimum atomic E-state index is 0.0380. The van der Waals surface area contributed by atoms with E-state index in [1.54, 1.807) is 25.3 Å². The van der Waals surface area contributed by atoms with Crippen molar-refractivity contribution in [1.29, 1.82) is 0 Å². The molecule has 0 bridgehead atoms. The quantitative estimate of drug-likeness (QED) is 0.617. The van der Waals surface area contributed by atoms with Gasteiger partial charge in [-0.3, -0.25) is 0 Å². The topological polar surface area (TPSA) is 78.7 Å². The highest BCUT2D eigenvalue weighted by Crippen LogP contribution is 2.31. The molecule has 23 heavy (non-hydrogen) atoms. The lowest BCUT2D eigenvalue weighted by Crippen LogP contribution is -2.12. The van der Waals surface area contributed by atoms with Crippen LogP contribution < -0.4 is 4.74 Å². The number of rotatable bonds is 11. The number of phenols is 1. The van der Waals surface area contributed by atoms with Crippen molar-refractivity contribution in [3.63, 3.8) is 0 Å². The third-order valence-electron chi connectivity index (χ3n) is 3.10. The summed E-state index contributed by atoms with van der Waals surface area (Å²) in [5, 5.41) is 10.2. The third kappa shape index (κ3) is 5.70. The van der Waals surface area contributed by atoms with E-state index in [4.69, 9.17) is 23.7 Å². The first-order valence-electron chi connectivity index (χ1n) is 7.59. The van der Waals surface area contributed by atoms with E-state index in [1.165, 1.54) is 0 Å². The van der Waals surface area contributed by atoms with Crippen molar-refractivity contribution in [2.75, 3.05) is 59.9 Å². The number of hydrogen-bond acceptors (Lipinski definition) is 7. The van der Waals surface area contributed by atoms with Gasteiger partial charge in [-0.15, -0.1) is 0 Å². The summed E-state index contributed by atoms with van der Waals surface area (Å²) < 4.78 is 26.4. The molecular weight excluding hydrogens is 302 g/mol. The van der Waals surface area contributed by atoms with Crippen LogP contribution in [0.2, 0.25) is 0 Å². The van der Waals surface area contributed by atoms with Crippen molar-refractivity contribution in [2.24, 2.45) is 4.99 Å². The van der Waals surface area contributed by atoms with Crippen molar-refractivity contribution >= 4 is 5.90 Å². The maximum Gasteiger partial charge on any atom is 0.220 e. The molecule has 128 valence electrons. The Hall–Kier alpha value is -1.83. The number of aliphatic imine (C=N–C) groups is 1. The first-order chi connectivity index (χ1) is 11.3. The summed E-state index contributed by atoms with van der Waals surface area (Å²) in [6, 6.07) is 5.24. The normalized spacial score (nSPS) is 13.7. The monoisotopic (exact) mass is 325 g/mol. The number of phenolic OH excluding ortho intramolecular Hbond substituents is 1. The Labute approximate surface area is 135 Å². The lowest BCUT2D eigenvalue weighted by Gasteiger charge is -2.11. The van der Waals surface area contributed by atoms with Crippen LogP contribution in [0.15, 0.2) is 23.2 Å². The number of ether oxygens (including phenoxy) is 5. The van der Waals surface area contributed by atoms with E-state index in [1.807, 2.05) is 0 Å². The summed E-state index contributed by atoms with van der Waals surface area (Å²) >= 11 is 0. The Morgan fingerprint density at radius 1 is 1.09 bits per heavy atom. The number of aromatic hydroxyl groups is 1. The molecule has 0 atom stereocenters. The van der Waals surface area contributed by atoms with Gasteiger partial charge in [0.2, 0.25) is 5.90 Å². The Morgan fingerprint density at radius 3 is 2.52 bits per heavy atom. The molecule has 0 saturated carbocycles. The summed E-state index contributed by atoms with van der Waals surface area (Å²) in [5.74, 6) is 0.883. The molecule has 0 spiro atoms. The van der Waals surface area contributed by atoms with E-state index in [-0.39, 0.29) is 5.75 Å². The van der Waals surface area contributed by atoms with Crippen LogP contribution in [-0.2, 0) is 18.9 Å². The van der Waals surface area contributed by atoms with Crippen LogP contribution >= 0.6 is 0 Å². The molecule has 0 radical (unpaired) electrons. The molecule has 0 fully saturated rings. The van der Waals surface area contributed by atoms with Crippen molar-refractivity contribution in [2.45, 2.75) is 0 Å². The molecular formula is C16H23NO6. The van der Waals surface area contributed by atoms with Gasteiger partial charge >= 0.3 is 0 Å². The largest absolute Gasteiger partial charge is 0.504 e. The van der Waals surface area contributed by atoms with Crippen LogP contribution in [0, 0.1) is 0 Å². The van der Waals surface area contributed by atoms with Gasteiger partial charge in [-0.25, -0.2) is 4.99 Å². The molecule has 2 rings (SSSR count). The summed E-state index contributed by atoms with van der Waals surface area (Å²) in [4.78, 5) is 4.19. The van der Waals surface area contributed by atoms with E-state index in [9.17, 15) is 5.11 Å². The number of benzene rings is 1. The van der Waals surface area contributed by atoms with Crippen LogP contribution in [0.3, 0.4) is 0 Å². The van der Waals surface area contributed by atoms with Crippen LogP contribution in [-0.4, -0.2) is 70.9 Å². The van der Waals surface area contributed by atoms with Gasteiger partial charge in [0, 0.05) is 7.11 Å². The highest BCUT2D eigenvalue weighted by molar-refractivity contribution is 5.98. The second-order valence-corrected chi connectivity index (χ2v) is 4.75. The van der Waals surface area contributed by atoms with Crippen LogP contribution in [0.4, 0.5) is 0 Å². The molecule has 0 aromatic heterocycles. The molecule has 1 aliphatic rings. The molecule has 1 aromatic rings. The molecule has 0 unspecified atom stereocenters. The molecule has 0 saturated heterocycles. The predicted octanol–water partition coefficient (Wildman–Crippen LogP) is 1.23. The fourth-order valence-electron chi connectivity index (χ4n) is 1.98. The van der Waals surface area contributed by atoms with Crippen LogP contribution in [0.1, 0.15) is 5.56 Å². The van der Waals surface area contributed by atoms with Gasteiger partial charge in [0.15, 0.2) is 11.5 Å². The summed E-state index contributed by atoms with van der Waals surface area (Å²) in [5.41, 5.74) is 0.549. The summed E-state index contributed by atoms with van der Waals surface area (Å²) in [6.07, 6.45) is 0. The van der Waals surface area contributed by atoms with E-state index >= 15 is 0 Å². The van der Waals surface area contributed by atoms with Crippen molar-refractivity contribution in [1.82, 2.24) is 0 Å². The SMILES string of the molecule is COCCOCCOCCOc1cccc(C2=NCCO2)c1O. The van der Waals surface area contributed by atoms with Crippen LogP contribution in [0.25, 0.3) is 0 Å². The van der Waals surface area contributed by atoms with Gasteiger partial charge in [-0.1, -0.05) is 6.07 Å². The Morgan fingerprint density at radius 2 is 1.83 bits per heavy atom. The number of hydrogen-bond donors (Lipinski definition) is 1. The zero-order chi connectivity index (χ0) is 16.3. The maximum absolute atomic E-state index is 10.2. The van der Waals surface area contributed by atoms with E-state index < -0.39 is 0 Å². The summed E-state index contributed by atoms with van der Waals surface area (Å²) in [6.45, 7) is 4.04. The first-order valence-corrected chi connectivity index (χ1v) is 7.59. The van der Waals surface area contributed by atoms with Gasteiger partial charge in [0.25, 0.3) is 0 Å². The zero-order valence-electron chi connectivity index (χ0n) is 13.3. The van der Waals surface area contributed by atoms with E-state index in [0.717, 1.165) is 0 Å². The average Bonchev–Trinajstić information content (AvgIpc) is 3.09. The Balaban J connectivity index is 1.67. The smallest absolute Gasteiger partial charge is 0.220 e. The van der Waals surface area contributed by atoms with Gasteiger partial charge in [-0.05, 0) is 12.1 Å². The molecule has 1 aromatic carbocycles. The number of methoxy groups -OCH3 is 1. The molecule has 1 N–H and O–H groups in total. The van der Waals surface area contributed by atoms with E-state index in [0.29, 0.717) is 70.0 Å². The lowest BCUT2D eigenvalue weighted by atomic mass is 10.2. The first kappa shape index (κ1) is 17.5. The minimum absolute atomic E-state index is 0.0380. The van der Waals surface area contributed by atoms with Crippen LogP contribution in [0.5, 0.6) is 11.5 Å². The molecule has 1 heterocycles. The molecule has 7 heteroatoms. The second kappa shape index (κ2) is 10.0. The minimum Gasteiger partial charge on any atom is -0.504 e. The highest BCUT2D eigenvalue weighted by atomic mass is 16.6. The highest BCUT2D eigenvalue weighted by Gasteiger charge is 2.17. The zero-order valence-corrected chi connectivity index (χ0v) is 13.3. The lowest BCUT2D eigenvalue weighted by molar-refractivity contribution is 0.0178. The van der Waals surface area contributed by atoms with Crippen molar-refractivity contribution < 1.29 is 28.8 Å². The molecule has 7 nitrogen and oxygen atoms in total. The molecule has 0 aliphatic carbocycles. The Bertz CT molecular complexity index is 505. The molecule has 1 aliphatic heterocycles. The third-order valence-corrected chi connectivity index (χ3v) is 3.10.